The van der Waals surface area contributed by atoms with Crippen LogP contribution in [-0.4, -0.2) is 14.6 Å². The molecule has 0 amide bonds. The Hall–Kier alpha value is -2.87. The summed E-state index contributed by atoms with van der Waals surface area (Å²) in [6, 6.07) is 11.4. The third kappa shape index (κ3) is 2.45. The van der Waals surface area contributed by atoms with E-state index in [4.69, 9.17) is 5.26 Å². The molecule has 3 aromatic rings. The number of rotatable bonds is 3. The molecular formula is C15H13N5. The Morgan fingerprint density at radius 3 is 2.85 bits per heavy atom. The first-order valence-corrected chi connectivity index (χ1v) is 6.29. The van der Waals surface area contributed by atoms with Gasteiger partial charge in [-0.05, 0) is 31.2 Å². The van der Waals surface area contributed by atoms with Crippen LogP contribution in [0.3, 0.4) is 0 Å². The van der Waals surface area contributed by atoms with Crippen LogP contribution in [0.5, 0.6) is 0 Å². The second kappa shape index (κ2) is 5.02. The fourth-order valence-corrected chi connectivity index (χ4v) is 1.99. The van der Waals surface area contributed by atoms with Crippen LogP contribution < -0.4 is 5.32 Å². The summed E-state index contributed by atoms with van der Waals surface area (Å²) in [5.41, 5.74) is 4.48. The number of fused-ring (bicyclic) bond motifs is 1. The minimum Gasteiger partial charge on any atom is -0.381 e. The molecule has 2 aromatic heterocycles. The van der Waals surface area contributed by atoms with E-state index in [1.165, 1.54) is 0 Å². The van der Waals surface area contributed by atoms with Crippen molar-refractivity contribution in [2.75, 3.05) is 5.32 Å². The summed E-state index contributed by atoms with van der Waals surface area (Å²) in [6.07, 6.45) is 3.80. The maximum atomic E-state index is 8.75. The molecule has 1 aromatic carbocycles. The van der Waals surface area contributed by atoms with Crippen LogP contribution in [0.1, 0.15) is 16.8 Å². The second-order valence-electron chi connectivity index (χ2n) is 4.59. The molecule has 0 spiro atoms. The van der Waals surface area contributed by atoms with Crippen molar-refractivity contribution in [2.24, 2.45) is 0 Å². The number of anilines is 1. The van der Waals surface area contributed by atoms with E-state index >= 15 is 0 Å². The zero-order valence-electron chi connectivity index (χ0n) is 11.0. The van der Waals surface area contributed by atoms with Crippen molar-refractivity contribution in [1.82, 2.24) is 14.6 Å². The SMILES string of the molecule is Cc1cc2ncc(CNc3ccc(C#N)cc3)cn2n1. The number of nitrogens with one attached hydrogen (secondary N) is 1. The first kappa shape index (κ1) is 12.2. The molecule has 5 heteroatoms. The van der Waals surface area contributed by atoms with Gasteiger partial charge in [-0.3, -0.25) is 0 Å². The van der Waals surface area contributed by atoms with Crippen LogP contribution in [0.2, 0.25) is 0 Å². The summed E-state index contributed by atoms with van der Waals surface area (Å²) in [4.78, 5) is 4.36. The summed E-state index contributed by atoms with van der Waals surface area (Å²) in [5.74, 6) is 0. The van der Waals surface area contributed by atoms with Crippen LogP contribution in [0.15, 0.2) is 42.7 Å². The maximum absolute atomic E-state index is 8.75. The van der Waals surface area contributed by atoms with Gasteiger partial charge in [-0.15, -0.1) is 0 Å². The Morgan fingerprint density at radius 1 is 1.30 bits per heavy atom. The van der Waals surface area contributed by atoms with Gasteiger partial charge in [0, 0.05) is 36.3 Å². The summed E-state index contributed by atoms with van der Waals surface area (Å²) in [5, 5.41) is 16.4. The van der Waals surface area contributed by atoms with Gasteiger partial charge in [-0.2, -0.15) is 10.4 Å². The van der Waals surface area contributed by atoms with Crippen molar-refractivity contribution in [3.05, 3.63) is 59.5 Å². The first-order chi connectivity index (χ1) is 9.74. The minimum absolute atomic E-state index is 0.658. The summed E-state index contributed by atoms with van der Waals surface area (Å²) < 4.78 is 1.78. The highest BCUT2D eigenvalue weighted by Crippen LogP contribution is 2.11. The molecule has 0 radical (unpaired) electrons. The van der Waals surface area contributed by atoms with Crippen LogP contribution in [0, 0.1) is 18.3 Å². The Morgan fingerprint density at radius 2 is 2.10 bits per heavy atom. The fraction of sp³-hybridized carbons (Fsp3) is 0.133. The van der Waals surface area contributed by atoms with Crippen molar-refractivity contribution < 1.29 is 0 Å². The quantitative estimate of drug-likeness (QED) is 0.788. The number of hydrogen-bond donors (Lipinski definition) is 1. The predicted octanol–water partition coefficient (Wildman–Crippen LogP) is 2.52. The average Bonchev–Trinajstić information content (AvgIpc) is 2.85. The normalized spacial score (nSPS) is 10.4. The van der Waals surface area contributed by atoms with E-state index < -0.39 is 0 Å². The van der Waals surface area contributed by atoms with Gasteiger partial charge in [-0.1, -0.05) is 0 Å². The van der Waals surface area contributed by atoms with Gasteiger partial charge < -0.3 is 5.32 Å². The zero-order valence-corrected chi connectivity index (χ0v) is 11.0. The second-order valence-corrected chi connectivity index (χ2v) is 4.59. The van der Waals surface area contributed by atoms with Crippen molar-refractivity contribution in [3.63, 3.8) is 0 Å². The van der Waals surface area contributed by atoms with E-state index in [1.54, 1.807) is 16.6 Å². The van der Waals surface area contributed by atoms with Gasteiger partial charge in [0.05, 0.1) is 17.3 Å². The summed E-state index contributed by atoms with van der Waals surface area (Å²) >= 11 is 0. The number of hydrogen-bond acceptors (Lipinski definition) is 4. The van der Waals surface area contributed by atoms with E-state index in [1.807, 2.05) is 37.5 Å². The highest BCUT2D eigenvalue weighted by Gasteiger charge is 2.01. The van der Waals surface area contributed by atoms with E-state index in [0.717, 1.165) is 22.6 Å². The largest absolute Gasteiger partial charge is 0.381 e. The molecule has 0 aliphatic heterocycles. The fourth-order valence-electron chi connectivity index (χ4n) is 1.99. The lowest BCUT2D eigenvalue weighted by molar-refractivity contribution is 0.895. The number of aryl methyl sites for hydroxylation is 1. The van der Waals surface area contributed by atoms with Crippen LogP contribution in [0.25, 0.3) is 5.65 Å². The highest BCUT2D eigenvalue weighted by atomic mass is 15.2. The molecule has 0 aliphatic rings. The van der Waals surface area contributed by atoms with E-state index in [9.17, 15) is 0 Å². The number of nitriles is 1. The predicted molar refractivity (Wildman–Crippen MR) is 76.2 cm³/mol. The summed E-state index contributed by atoms with van der Waals surface area (Å²) in [6.45, 7) is 2.61. The molecule has 5 nitrogen and oxygen atoms in total. The molecule has 0 saturated heterocycles. The maximum Gasteiger partial charge on any atom is 0.155 e. The van der Waals surface area contributed by atoms with Gasteiger partial charge in [0.1, 0.15) is 0 Å². The monoisotopic (exact) mass is 263 g/mol. The van der Waals surface area contributed by atoms with Crippen molar-refractivity contribution in [3.8, 4) is 6.07 Å². The van der Waals surface area contributed by atoms with Crippen LogP contribution in [-0.2, 0) is 6.54 Å². The molecular weight excluding hydrogens is 250 g/mol. The third-order valence-electron chi connectivity index (χ3n) is 3.00. The van der Waals surface area contributed by atoms with E-state index in [2.05, 4.69) is 21.5 Å². The average molecular weight is 263 g/mol. The lowest BCUT2D eigenvalue weighted by Crippen LogP contribution is -2.02. The molecule has 0 bridgehead atoms. The van der Waals surface area contributed by atoms with Gasteiger partial charge in [0.25, 0.3) is 0 Å². The van der Waals surface area contributed by atoms with Crippen molar-refractivity contribution in [2.45, 2.75) is 13.5 Å². The molecule has 2 heterocycles. The molecule has 20 heavy (non-hydrogen) atoms. The first-order valence-electron chi connectivity index (χ1n) is 6.29. The molecule has 0 unspecified atom stereocenters. The van der Waals surface area contributed by atoms with Crippen LogP contribution in [0.4, 0.5) is 5.69 Å². The highest BCUT2D eigenvalue weighted by molar-refractivity contribution is 5.47. The van der Waals surface area contributed by atoms with E-state index in [0.29, 0.717) is 12.1 Å². The van der Waals surface area contributed by atoms with E-state index in [-0.39, 0.29) is 0 Å². The zero-order chi connectivity index (χ0) is 13.9. The molecule has 1 N–H and O–H groups in total. The number of aromatic nitrogens is 3. The van der Waals surface area contributed by atoms with Gasteiger partial charge in [0.15, 0.2) is 5.65 Å². The number of nitrogens with zero attached hydrogens (tertiary/aromatic N) is 4. The number of benzene rings is 1. The Labute approximate surface area is 116 Å². The smallest absolute Gasteiger partial charge is 0.155 e. The molecule has 98 valence electrons. The van der Waals surface area contributed by atoms with Gasteiger partial charge in [-0.25, -0.2) is 9.50 Å². The minimum atomic E-state index is 0.658. The Bertz CT molecular complexity index is 780. The standard InChI is InChI=1S/C15H13N5/c1-11-6-15-18-9-13(10-20(15)19-11)8-17-14-4-2-12(7-16)3-5-14/h2-6,9-10,17H,8H2,1H3. The third-order valence-corrected chi connectivity index (χ3v) is 3.00. The summed E-state index contributed by atoms with van der Waals surface area (Å²) in [7, 11) is 0. The topological polar surface area (TPSA) is 66.0 Å². The molecule has 0 aliphatic carbocycles. The Kier molecular flexibility index (Phi) is 3.05. The molecule has 0 saturated carbocycles. The van der Waals surface area contributed by atoms with Crippen LogP contribution >= 0.6 is 0 Å². The van der Waals surface area contributed by atoms with Gasteiger partial charge >= 0.3 is 0 Å². The van der Waals surface area contributed by atoms with Crippen molar-refractivity contribution >= 4 is 11.3 Å². The molecule has 3 rings (SSSR count). The molecule has 0 fully saturated rings. The van der Waals surface area contributed by atoms with Crippen molar-refractivity contribution in [1.29, 1.82) is 5.26 Å². The van der Waals surface area contributed by atoms with Gasteiger partial charge in [0.2, 0.25) is 0 Å². The lowest BCUT2D eigenvalue weighted by atomic mass is 10.2. The Balaban J connectivity index is 1.74. The molecule has 0 atom stereocenters. The lowest BCUT2D eigenvalue weighted by Gasteiger charge is -2.06.